The largest absolute Gasteiger partial charge is 0.445 e. The molecule has 2 aliphatic rings. The minimum Gasteiger partial charge on any atom is -0.445 e. The van der Waals surface area contributed by atoms with Gasteiger partial charge in [-0.25, -0.2) is 4.79 Å². The molecule has 0 unspecified atom stereocenters. The lowest BCUT2D eigenvalue weighted by atomic mass is 10.2. The highest BCUT2D eigenvalue weighted by molar-refractivity contribution is 6.31. The summed E-state index contributed by atoms with van der Waals surface area (Å²) in [6.07, 6.45) is 1.58. The molecule has 2 saturated heterocycles. The molecule has 1 aromatic carbocycles. The molecule has 4 rings (SSSR count). The molecular formula is C17H17Cl2N5O2. The van der Waals surface area contributed by atoms with Crippen molar-refractivity contribution >= 4 is 35.2 Å². The Hall–Kier alpha value is -2.12. The van der Waals surface area contributed by atoms with Crippen LogP contribution in [0.5, 0.6) is 0 Å². The molecule has 0 saturated carbocycles. The molecule has 2 aliphatic heterocycles. The molecule has 2 aromatic rings. The quantitative estimate of drug-likeness (QED) is 0.797. The van der Waals surface area contributed by atoms with Gasteiger partial charge in [0.15, 0.2) is 0 Å². The summed E-state index contributed by atoms with van der Waals surface area (Å²) in [6, 6.07) is 9.79. The van der Waals surface area contributed by atoms with Gasteiger partial charge in [-0.05, 0) is 41.6 Å². The molecule has 1 amide bonds. The third-order valence-electron chi connectivity index (χ3n) is 4.75. The third kappa shape index (κ3) is 3.54. The SMILES string of the molecule is O=C(OCc1ccccc1)N1[C@@H]2CC[C@H]1CN(c1nc(Cl)nc(Cl)n1)C2. The fourth-order valence-electron chi connectivity index (χ4n) is 3.62. The number of piperazine rings is 1. The number of aromatic nitrogens is 3. The molecule has 0 radical (unpaired) electrons. The Balaban J connectivity index is 1.42. The number of halogens is 2. The summed E-state index contributed by atoms with van der Waals surface area (Å²) in [7, 11) is 0. The third-order valence-corrected chi connectivity index (χ3v) is 5.09. The smallest absolute Gasteiger partial charge is 0.410 e. The second kappa shape index (κ2) is 7.25. The fraction of sp³-hybridized carbons (Fsp3) is 0.412. The van der Waals surface area contributed by atoms with Crippen LogP contribution in [0.3, 0.4) is 0 Å². The Labute approximate surface area is 160 Å². The Kier molecular flexibility index (Phi) is 4.82. The van der Waals surface area contributed by atoms with Crippen molar-refractivity contribution in [3.63, 3.8) is 0 Å². The number of carbonyl (C=O) groups is 1. The van der Waals surface area contributed by atoms with Gasteiger partial charge in [0.05, 0.1) is 12.1 Å². The molecule has 1 aromatic heterocycles. The number of anilines is 1. The van der Waals surface area contributed by atoms with Crippen LogP contribution in [0.4, 0.5) is 10.7 Å². The fourth-order valence-corrected chi connectivity index (χ4v) is 3.97. The number of hydrogen-bond acceptors (Lipinski definition) is 6. The van der Waals surface area contributed by atoms with E-state index in [2.05, 4.69) is 15.0 Å². The number of ether oxygens (including phenoxy) is 1. The van der Waals surface area contributed by atoms with Gasteiger partial charge < -0.3 is 9.64 Å². The molecule has 3 heterocycles. The lowest BCUT2D eigenvalue weighted by Gasteiger charge is -2.40. The van der Waals surface area contributed by atoms with E-state index in [4.69, 9.17) is 27.9 Å². The summed E-state index contributed by atoms with van der Waals surface area (Å²) < 4.78 is 5.51. The van der Waals surface area contributed by atoms with Gasteiger partial charge >= 0.3 is 6.09 Å². The molecule has 2 bridgehead atoms. The van der Waals surface area contributed by atoms with Crippen molar-refractivity contribution in [1.29, 1.82) is 0 Å². The van der Waals surface area contributed by atoms with Crippen molar-refractivity contribution in [2.75, 3.05) is 18.0 Å². The van der Waals surface area contributed by atoms with Crippen LogP contribution in [0.1, 0.15) is 18.4 Å². The first-order valence-corrected chi connectivity index (χ1v) is 9.17. The van der Waals surface area contributed by atoms with Crippen LogP contribution in [-0.4, -0.2) is 51.1 Å². The van der Waals surface area contributed by atoms with E-state index in [1.54, 1.807) is 0 Å². The number of nitrogens with zero attached hydrogens (tertiary/aromatic N) is 5. The van der Waals surface area contributed by atoms with Gasteiger partial charge in [-0.15, -0.1) is 0 Å². The zero-order valence-corrected chi connectivity index (χ0v) is 15.4. The molecule has 26 heavy (non-hydrogen) atoms. The average molecular weight is 394 g/mol. The highest BCUT2D eigenvalue weighted by Crippen LogP contribution is 2.32. The second-order valence-electron chi connectivity index (χ2n) is 6.41. The van der Waals surface area contributed by atoms with Crippen molar-refractivity contribution in [2.45, 2.75) is 31.5 Å². The molecule has 0 spiro atoms. The van der Waals surface area contributed by atoms with Crippen molar-refractivity contribution in [1.82, 2.24) is 19.9 Å². The monoisotopic (exact) mass is 393 g/mol. The van der Waals surface area contributed by atoms with E-state index >= 15 is 0 Å². The van der Waals surface area contributed by atoms with Crippen LogP contribution in [-0.2, 0) is 11.3 Å². The maximum atomic E-state index is 12.6. The second-order valence-corrected chi connectivity index (χ2v) is 7.09. The predicted molar refractivity (Wildman–Crippen MR) is 97.3 cm³/mol. The van der Waals surface area contributed by atoms with Crippen LogP contribution in [0.2, 0.25) is 10.6 Å². The maximum Gasteiger partial charge on any atom is 0.410 e. The van der Waals surface area contributed by atoms with Gasteiger partial charge in [-0.3, -0.25) is 4.90 Å². The minimum absolute atomic E-state index is 0.0614. The van der Waals surface area contributed by atoms with E-state index in [9.17, 15) is 4.79 Å². The predicted octanol–water partition coefficient (Wildman–Crippen LogP) is 3.17. The van der Waals surface area contributed by atoms with Crippen molar-refractivity contribution in [2.24, 2.45) is 0 Å². The number of carbonyl (C=O) groups excluding carboxylic acids is 1. The van der Waals surface area contributed by atoms with E-state index in [1.165, 1.54) is 0 Å². The Morgan fingerprint density at radius 2 is 1.65 bits per heavy atom. The van der Waals surface area contributed by atoms with E-state index in [0.717, 1.165) is 18.4 Å². The highest BCUT2D eigenvalue weighted by Gasteiger charge is 2.44. The molecule has 0 aliphatic carbocycles. The van der Waals surface area contributed by atoms with Gasteiger partial charge in [0, 0.05) is 13.1 Å². The van der Waals surface area contributed by atoms with E-state index < -0.39 is 0 Å². The first-order chi connectivity index (χ1) is 12.6. The van der Waals surface area contributed by atoms with Crippen LogP contribution >= 0.6 is 23.2 Å². The van der Waals surface area contributed by atoms with Crippen molar-refractivity contribution < 1.29 is 9.53 Å². The standard InChI is InChI=1S/C17H17Cl2N5O2/c18-14-20-15(19)22-16(21-14)23-8-12-6-7-13(9-23)24(12)17(25)26-10-11-4-2-1-3-5-11/h1-5,12-13H,6-10H2/t12-,13+. The molecule has 9 heteroatoms. The molecular weight excluding hydrogens is 377 g/mol. The van der Waals surface area contributed by atoms with Crippen molar-refractivity contribution in [3.8, 4) is 0 Å². The van der Waals surface area contributed by atoms with Crippen molar-refractivity contribution in [3.05, 3.63) is 46.5 Å². The van der Waals surface area contributed by atoms with Gasteiger partial charge in [0.25, 0.3) is 0 Å². The first-order valence-electron chi connectivity index (χ1n) is 8.41. The summed E-state index contributed by atoms with van der Waals surface area (Å²) in [5.41, 5.74) is 0.973. The zero-order valence-electron chi connectivity index (χ0n) is 13.9. The normalized spacial score (nSPS) is 21.8. The molecule has 2 atom stereocenters. The van der Waals surface area contributed by atoms with E-state index in [0.29, 0.717) is 19.0 Å². The van der Waals surface area contributed by atoms with E-state index in [1.807, 2.05) is 40.1 Å². The number of rotatable bonds is 3. The Morgan fingerprint density at radius 3 is 2.27 bits per heavy atom. The Bertz CT molecular complexity index is 773. The zero-order chi connectivity index (χ0) is 18.1. The van der Waals surface area contributed by atoms with Gasteiger partial charge in [-0.2, -0.15) is 15.0 Å². The van der Waals surface area contributed by atoms with Crippen LogP contribution in [0.15, 0.2) is 30.3 Å². The summed E-state index contributed by atoms with van der Waals surface area (Å²) in [5.74, 6) is 0.448. The Morgan fingerprint density at radius 1 is 1.04 bits per heavy atom. The summed E-state index contributed by atoms with van der Waals surface area (Å²) >= 11 is 11.8. The topological polar surface area (TPSA) is 71.5 Å². The number of benzene rings is 1. The maximum absolute atomic E-state index is 12.6. The number of fused-ring (bicyclic) bond motifs is 2. The van der Waals surface area contributed by atoms with Gasteiger partial charge in [0.2, 0.25) is 16.5 Å². The summed E-state index contributed by atoms with van der Waals surface area (Å²) in [4.78, 5) is 28.5. The van der Waals surface area contributed by atoms with Crippen LogP contribution < -0.4 is 4.90 Å². The highest BCUT2D eigenvalue weighted by atomic mass is 35.5. The van der Waals surface area contributed by atoms with Gasteiger partial charge in [0.1, 0.15) is 6.61 Å². The van der Waals surface area contributed by atoms with E-state index in [-0.39, 0.29) is 35.4 Å². The molecule has 2 fully saturated rings. The average Bonchev–Trinajstić information content (AvgIpc) is 2.89. The lowest BCUT2D eigenvalue weighted by Crippen LogP contribution is -2.56. The number of hydrogen-bond donors (Lipinski definition) is 0. The number of amides is 1. The lowest BCUT2D eigenvalue weighted by molar-refractivity contribution is 0.0732. The van der Waals surface area contributed by atoms with Crippen LogP contribution in [0.25, 0.3) is 0 Å². The molecule has 136 valence electrons. The van der Waals surface area contributed by atoms with Crippen LogP contribution in [0, 0.1) is 0 Å². The summed E-state index contributed by atoms with van der Waals surface area (Å²) in [6.45, 7) is 1.51. The molecule has 0 N–H and O–H groups in total. The first kappa shape index (κ1) is 17.3. The minimum atomic E-state index is -0.271. The summed E-state index contributed by atoms with van der Waals surface area (Å²) in [5, 5.41) is 0.133. The molecule has 7 nitrogen and oxygen atoms in total. The van der Waals surface area contributed by atoms with Gasteiger partial charge in [-0.1, -0.05) is 30.3 Å².